The number of amides is 2. The molecule has 0 aromatic carbocycles. The summed E-state index contributed by atoms with van der Waals surface area (Å²) in [6.07, 6.45) is 3.61. The molecule has 21 heavy (non-hydrogen) atoms. The number of rotatable bonds is 3. The third-order valence-corrected chi connectivity index (χ3v) is 3.99. The molecule has 2 amide bonds. The van der Waals surface area contributed by atoms with Gasteiger partial charge in [0.15, 0.2) is 0 Å². The van der Waals surface area contributed by atoms with Crippen LogP contribution in [0.3, 0.4) is 0 Å². The van der Waals surface area contributed by atoms with Crippen molar-refractivity contribution in [1.29, 1.82) is 0 Å². The molecular weight excluding hydrogens is 288 g/mol. The van der Waals surface area contributed by atoms with Gasteiger partial charge >= 0.3 is 6.03 Å². The van der Waals surface area contributed by atoms with Gasteiger partial charge < -0.3 is 10.2 Å². The maximum Gasteiger partial charge on any atom is 0.321 e. The number of aromatic nitrogens is 3. The van der Waals surface area contributed by atoms with Crippen molar-refractivity contribution < 1.29 is 4.79 Å². The van der Waals surface area contributed by atoms with Crippen LogP contribution >= 0.6 is 11.3 Å². The predicted octanol–water partition coefficient (Wildman–Crippen LogP) is 1.72. The van der Waals surface area contributed by atoms with E-state index in [-0.39, 0.29) is 12.1 Å². The van der Waals surface area contributed by atoms with Crippen LogP contribution in [0, 0.1) is 0 Å². The Morgan fingerprint density at radius 2 is 2.19 bits per heavy atom. The van der Waals surface area contributed by atoms with Crippen molar-refractivity contribution in [3.05, 3.63) is 29.9 Å². The summed E-state index contributed by atoms with van der Waals surface area (Å²) >= 11 is 1.30. The third-order valence-electron chi connectivity index (χ3n) is 3.38. The maximum absolute atomic E-state index is 11.8. The van der Waals surface area contributed by atoms with Gasteiger partial charge in [-0.15, -0.1) is 10.2 Å². The Hall–Kier alpha value is -2.22. The smallest absolute Gasteiger partial charge is 0.321 e. The molecule has 0 bridgehead atoms. The number of pyridine rings is 1. The van der Waals surface area contributed by atoms with Crippen molar-refractivity contribution in [2.24, 2.45) is 0 Å². The minimum absolute atomic E-state index is 0.179. The Labute approximate surface area is 126 Å². The molecule has 0 radical (unpaired) electrons. The van der Waals surface area contributed by atoms with Crippen LogP contribution in [0.25, 0.3) is 0 Å². The highest BCUT2D eigenvalue weighted by molar-refractivity contribution is 7.13. The molecule has 1 fully saturated rings. The van der Waals surface area contributed by atoms with E-state index in [0.29, 0.717) is 5.13 Å². The molecule has 110 valence electrons. The lowest BCUT2D eigenvalue weighted by atomic mass is 10.1. The van der Waals surface area contributed by atoms with Crippen LogP contribution in [-0.4, -0.2) is 40.3 Å². The summed E-state index contributed by atoms with van der Waals surface area (Å²) in [5.74, 6) is 0.995. The zero-order valence-electron chi connectivity index (χ0n) is 11.4. The van der Waals surface area contributed by atoms with Crippen molar-refractivity contribution in [2.75, 3.05) is 23.3 Å². The van der Waals surface area contributed by atoms with Gasteiger partial charge in [-0.25, -0.2) is 9.78 Å². The van der Waals surface area contributed by atoms with Gasteiger partial charge in [0.05, 0.1) is 0 Å². The maximum atomic E-state index is 11.8. The minimum Gasteiger partial charge on any atom is -0.356 e. The van der Waals surface area contributed by atoms with E-state index in [0.717, 1.165) is 31.7 Å². The second-order valence-corrected chi connectivity index (χ2v) is 5.62. The van der Waals surface area contributed by atoms with Crippen LogP contribution in [0.15, 0.2) is 29.9 Å². The van der Waals surface area contributed by atoms with E-state index in [1.54, 1.807) is 11.7 Å². The van der Waals surface area contributed by atoms with Crippen LogP contribution in [0.5, 0.6) is 0 Å². The summed E-state index contributed by atoms with van der Waals surface area (Å²) in [4.78, 5) is 18.4. The number of hydrogen-bond acceptors (Lipinski definition) is 6. The quantitative estimate of drug-likeness (QED) is 0.902. The molecule has 3 heterocycles. The summed E-state index contributed by atoms with van der Waals surface area (Å²) in [5, 5.41) is 13.6. The van der Waals surface area contributed by atoms with Gasteiger partial charge in [0.1, 0.15) is 11.3 Å². The van der Waals surface area contributed by atoms with Crippen molar-refractivity contribution in [3.63, 3.8) is 0 Å². The van der Waals surface area contributed by atoms with Crippen molar-refractivity contribution in [1.82, 2.24) is 20.5 Å². The molecule has 0 unspecified atom stereocenters. The highest BCUT2D eigenvalue weighted by Crippen LogP contribution is 2.17. The number of hydrogen-bond donors (Lipinski definition) is 2. The van der Waals surface area contributed by atoms with Gasteiger partial charge in [-0.1, -0.05) is 17.4 Å². The molecule has 1 aliphatic heterocycles. The molecule has 2 aromatic rings. The fraction of sp³-hybridized carbons (Fsp3) is 0.385. The van der Waals surface area contributed by atoms with E-state index in [4.69, 9.17) is 0 Å². The van der Waals surface area contributed by atoms with E-state index >= 15 is 0 Å². The van der Waals surface area contributed by atoms with Crippen LogP contribution in [0.4, 0.5) is 15.7 Å². The van der Waals surface area contributed by atoms with E-state index in [1.807, 2.05) is 18.2 Å². The third kappa shape index (κ3) is 3.66. The Kier molecular flexibility index (Phi) is 4.25. The van der Waals surface area contributed by atoms with Crippen molar-refractivity contribution in [3.8, 4) is 0 Å². The van der Waals surface area contributed by atoms with Crippen molar-refractivity contribution in [2.45, 2.75) is 18.9 Å². The van der Waals surface area contributed by atoms with E-state index in [2.05, 4.69) is 30.7 Å². The zero-order valence-corrected chi connectivity index (χ0v) is 12.2. The first kappa shape index (κ1) is 13.7. The summed E-state index contributed by atoms with van der Waals surface area (Å²) < 4.78 is 0. The SMILES string of the molecule is O=C(Nc1nncs1)NC1CCN(c2ccccn2)CC1. The summed E-state index contributed by atoms with van der Waals surface area (Å²) in [5.41, 5.74) is 1.58. The van der Waals surface area contributed by atoms with E-state index < -0.39 is 0 Å². The molecular formula is C13H16N6OS. The average Bonchev–Trinajstić information content (AvgIpc) is 3.02. The van der Waals surface area contributed by atoms with Gasteiger partial charge in [0.25, 0.3) is 0 Å². The molecule has 7 nitrogen and oxygen atoms in total. The summed E-state index contributed by atoms with van der Waals surface area (Å²) in [6.45, 7) is 1.78. The topological polar surface area (TPSA) is 83.0 Å². The number of anilines is 2. The Morgan fingerprint density at radius 3 is 2.86 bits per heavy atom. The number of carbonyl (C=O) groups is 1. The molecule has 0 atom stereocenters. The number of nitrogens with one attached hydrogen (secondary N) is 2. The highest BCUT2D eigenvalue weighted by atomic mass is 32.1. The molecule has 0 saturated carbocycles. The number of carbonyl (C=O) groups excluding carboxylic acids is 1. The van der Waals surface area contributed by atoms with Gasteiger partial charge in [-0.2, -0.15) is 0 Å². The predicted molar refractivity (Wildman–Crippen MR) is 81.5 cm³/mol. The first-order valence-electron chi connectivity index (χ1n) is 6.81. The minimum atomic E-state index is -0.219. The molecule has 0 aliphatic carbocycles. The molecule has 8 heteroatoms. The second kappa shape index (κ2) is 6.49. The molecule has 2 N–H and O–H groups in total. The van der Waals surface area contributed by atoms with Gasteiger partial charge in [-0.05, 0) is 25.0 Å². The molecule has 0 spiro atoms. The largest absolute Gasteiger partial charge is 0.356 e. The molecule has 3 rings (SSSR count). The lowest BCUT2D eigenvalue weighted by Gasteiger charge is -2.33. The second-order valence-electron chi connectivity index (χ2n) is 4.79. The van der Waals surface area contributed by atoms with E-state index in [9.17, 15) is 4.79 Å². The standard InChI is InChI=1S/C13H16N6OS/c20-12(17-13-18-15-9-21-13)16-10-4-7-19(8-5-10)11-3-1-2-6-14-11/h1-3,6,9-10H,4-5,7-8H2,(H2,16,17,18,20). The fourth-order valence-corrected chi connectivity index (χ4v) is 2.78. The van der Waals surface area contributed by atoms with Crippen LogP contribution < -0.4 is 15.5 Å². The van der Waals surface area contributed by atoms with E-state index in [1.165, 1.54) is 11.3 Å². The molecule has 2 aromatic heterocycles. The van der Waals surface area contributed by atoms with Crippen LogP contribution in [-0.2, 0) is 0 Å². The van der Waals surface area contributed by atoms with Crippen LogP contribution in [0.2, 0.25) is 0 Å². The van der Waals surface area contributed by atoms with Gasteiger partial charge in [-0.3, -0.25) is 5.32 Å². The van der Waals surface area contributed by atoms with Gasteiger partial charge in [0, 0.05) is 25.3 Å². The summed E-state index contributed by atoms with van der Waals surface area (Å²) in [6, 6.07) is 5.87. The molecule has 1 aliphatic rings. The Morgan fingerprint density at radius 1 is 1.33 bits per heavy atom. The highest BCUT2D eigenvalue weighted by Gasteiger charge is 2.21. The van der Waals surface area contributed by atoms with Crippen LogP contribution in [0.1, 0.15) is 12.8 Å². The first-order chi connectivity index (χ1) is 10.3. The lowest BCUT2D eigenvalue weighted by Crippen LogP contribution is -2.46. The number of piperidine rings is 1. The summed E-state index contributed by atoms with van der Waals surface area (Å²) in [7, 11) is 0. The number of urea groups is 1. The van der Waals surface area contributed by atoms with Crippen molar-refractivity contribution >= 4 is 28.3 Å². The normalized spacial score (nSPS) is 15.7. The first-order valence-corrected chi connectivity index (χ1v) is 7.69. The average molecular weight is 304 g/mol. The Bertz CT molecular complexity index is 568. The molecule has 1 saturated heterocycles. The van der Waals surface area contributed by atoms with Gasteiger partial charge in [0.2, 0.25) is 5.13 Å². The zero-order chi connectivity index (χ0) is 14.5. The fourth-order valence-electron chi connectivity index (χ4n) is 2.34. The lowest BCUT2D eigenvalue weighted by molar-refractivity contribution is 0.246. The number of nitrogens with zero attached hydrogens (tertiary/aromatic N) is 4. The monoisotopic (exact) mass is 304 g/mol. The Balaban J connectivity index is 1.46.